The van der Waals surface area contributed by atoms with Gasteiger partial charge in [-0.1, -0.05) is 6.92 Å². The standard InChI is InChI=1S/C11H15FN2O2S/c1-8(5-13)6-17-7-9-4-10(12)2-3-11(9)14(15)16/h2-4,8H,5-7,13H2,1H3. The average Bonchev–Trinajstić information content (AvgIpc) is 2.28. The molecule has 1 unspecified atom stereocenters. The summed E-state index contributed by atoms with van der Waals surface area (Å²) in [6, 6.07) is 3.53. The highest BCUT2D eigenvalue weighted by Gasteiger charge is 2.14. The van der Waals surface area contributed by atoms with Gasteiger partial charge >= 0.3 is 0 Å². The number of hydrogen-bond donors (Lipinski definition) is 1. The minimum Gasteiger partial charge on any atom is -0.330 e. The van der Waals surface area contributed by atoms with Gasteiger partial charge in [-0.2, -0.15) is 11.8 Å². The first-order chi connectivity index (χ1) is 8.04. The minimum atomic E-state index is -0.484. The lowest BCUT2D eigenvalue weighted by molar-refractivity contribution is -0.385. The van der Waals surface area contributed by atoms with E-state index < -0.39 is 10.7 Å². The van der Waals surface area contributed by atoms with Crippen LogP contribution in [0.25, 0.3) is 0 Å². The first kappa shape index (κ1) is 13.9. The molecule has 0 aromatic heterocycles. The molecule has 1 aromatic rings. The SMILES string of the molecule is CC(CN)CSCc1cc(F)ccc1[N+](=O)[O-]. The summed E-state index contributed by atoms with van der Waals surface area (Å²) in [5.74, 6) is 1.15. The van der Waals surface area contributed by atoms with Crippen molar-refractivity contribution in [2.75, 3.05) is 12.3 Å². The number of thioether (sulfide) groups is 1. The van der Waals surface area contributed by atoms with Crippen LogP contribution in [0.15, 0.2) is 18.2 Å². The fourth-order valence-electron chi connectivity index (χ4n) is 1.29. The summed E-state index contributed by atoms with van der Waals surface area (Å²) < 4.78 is 13.0. The van der Waals surface area contributed by atoms with E-state index in [-0.39, 0.29) is 5.69 Å². The van der Waals surface area contributed by atoms with Gasteiger partial charge in [-0.3, -0.25) is 10.1 Å². The topological polar surface area (TPSA) is 69.2 Å². The smallest absolute Gasteiger partial charge is 0.273 e. The number of nitro benzene ring substituents is 1. The van der Waals surface area contributed by atoms with Crippen molar-refractivity contribution >= 4 is 17.4 Å². The maximum atomic E-state index is 13.0. The van der Waals surface area contributed by atoms with Crippen molar-refractivity contribution in [3.63, 3.8) is 0 Å². The molecule has 0 radical (unpaired) electrons. The Morgan fingerprint density at radius 1 is 1.59 bits per heavy atom. The van der Waals surface area contributed by atoms with Crippen molar-refractivity contribution in [1.82, 2.24) is 0 Å². The van der Waals surface area contributed by atoms with Crippen LogP contribution in [0.4, 0.5) is 10.1 Å². The highest BCUT2D eigenvalue weighted by atomic mass is 32.2. The molecule has 1 rings (SSSR count). The average molecular weight is 258 g/mol. The molecule has 1 aromatic carbocycles. The quantitative estimate of drug-likeness (QED) is 0.629. The zero-order chi connectivity index (χ0) is 12.8. The molecule has 4 nitrogen and oxygen atoms in total. The molecule has 0 spiro atoms. The Labute approximate surface area is 104 Å². The predicted octanol–water partition coefficient (Wildman–Crippen LogP) is 2.56. The number of rotatable bonds is 6. The van der Waals surface area contributed by atoms with Gasteiger partial charge in [0.05, 0.1) is 4.92 Å². The minimum absolute atomic E-state index is 0.0284. The van der Waals surface area contributed by atoms with Crippen LogP contribution in [0.3, 0.4) is 0 Å². The van der Waals surface area contributed by atoms with Gasteiger partial charge in [0.25, 0.3) is 5.69 Å². The molecule has 0 aliphatic rings. The van der Waals surface area contributed by atoms with Crippen molar-refractivity contribution in [1.29, 1.82) is 0 Å². The highest BCUT2D eigenvalue weighted by molar-refractivity contribution is 7.98. The summed E-state index contributed by atoms with van der Waals surface area (Å²) >= 11 is 1.53. The fourth-order valence-corrected chi connectivity index (χ4v) is 2.39. The van der Waals surface area contributed by atoms with Gasteiger partial charge in [0.2, 0.25) is 0 Å². The van der Waals surface area contributed by atoms with Gasteiger partial charge in [0.15, 0.2) is 0 Å². The number of nitrogens with two attached hydrogens (primary N) is 1. The van der Waals surface area contributed by atoms with E-state index in [2.05, 4.69) is 0 Å². The number of halogens is 1. The van der Waals surface area contributed by atoms with Gasteiger partial charge in [0.1, 0.15) is 5.82 Å². The molecule has 0 saturated heterocycles. The molecule has 0 amide bonds. The molecule has 2 N–H and O–H groups in total. The molecule has 1 atom stereocenters. The van der Waals surface area contributed by atoms with Gasteiger partial charge in [-0.25, -0.2) is 4.39 Å². The van der Waals surface area contributed by atoms with E-state index in [0.717, 1.165) is 11.8 Å². The molecule has 0 fully saturated rings. The monoisotopic (exact) mass is 258 g/mol. The Morgan fingerprint density at radius 2 is 2.29 bits per heavy atom. The Kier molecular flexibility index (Phi) is 5.37. The molecular weight excluding hydrogens is 243 g/mol. The molecular formula is C11H15FN2O2S. The molecule has 0 aliphatic carbocycles. The zero-order valence-electron chi connectivity index (χ0n) is 9.56. The van der Waals surface area contributed by atoms with Crippen molar-refractivity contribution in [2.45, 2.75) is 12.7 Å². The number of benzene rings is 1. The normalized spacial score (nSPS) is 12.4. The van der Waals surface area contributed by atoms with Crippen LogP contribution in [0.5, 0.6) is 0 Å². The molecule has 17 heavy (non-hydrogen) atoms. The van der Waals surface area contributed by atoms with Crippen molar-refractivity contribution in [2.24, 2.45) is 11.7 Å². The van der Waals surface area contributed by atoms with Crippen LogP contribution >= 0.6 is 11.8 Å². The van der Waals surface area contributed by atoms with Crippen molar-refractivity contribution in [3.05, 3.63) is 39.7 Å². The maximum Gasteiger partial charge on any atom is 0.273 e. The lowest BCUT2D eigenvalue weighted by atomic mass is 10.2. The third-order valence-electron chi connectivity index (χ3n) is 2.30. The first-order valence-corrected chi connectivity index (χ1v) is 6.40. The van der Waals surface area contributed by atoms with Crippen LogP contribution in [0.1, 0.15) is 12.5 Å². The van der Waals surface area contributed by atoms with Gasteiger partial charge in [0, 0.05) is 17.4 Å². The summed E-state index contributed by atoms with van der Waals surface area (Å²) in [5, 5.41) is 10.7. The number of nitrogens with zero attached hydrogens (tertiary/aromatic N) is 1. The van der Waals surface area contributed by atoms with E-state index in [0.29, 0.717) is 23.8 Å². The molecule has 0 bridgehead atoms. The Hall–Kier alpha value is -1.14. The summed E-state index contributed by atoms with van der Waals surface area (Å²) in [7, 11) is 0. The van der Waals surface area contributed by atoms with E-state index in [9.17, 15) is 14.5 Å². The van der Waals surface area contributed by atoms with Crippen molar-refractivity contribution < 1.29 is 9.31 Å². The number of nitro groups is 1. The van der Waals surface area contributed by atoms with Gasteiger partial charge in [-0.05, 0) is 30.3 Å². The van der Waals surface area contributed by atoms with Crippen LogP contribution < -0.4 is 5.73 Å². The Bertz CT molecular complexity index is 401. The lowest BCUT2D eigenvalue weighted by Crippen LogP contribution is -2.12. The van der Waals surface area contributed by atoms with E-state index in [1.165, 1.54) is 23.9 Å². The molecule has 0 aliphatic heterocycles. The second kappa shape index (κ2) is 6.56. The predicted molar refractivity (Wildman–Crippen MR) is 67.4 cm³/mol. The summed E-state index contributed by atoms with van der Waals surface area (Å²) in [6.07, 6.45) is 0. The molecule has 0 saturated carbocycles. The highest BCUT2D eigenvalue weighted by Crippen LogP contribution is 2.24. The van der Waals surface area contributed by atoms with Crippen LogP contribution in [-0.4, -0.2) is 17.2 Å². The van der Waals surface area contributed by atoms with E-state index >= 15 is 0 Å². The number of hydrogen-bond acceptors (Lipinski definition) is 4. The van der Waals surface area contributed by atoms with Crippen LogP contribution in [0, 0.1) is 21.8 Å². The molecule has 0 heterocycles. The van der Waals surface area contributed by atoms with E-state index in [1.807, 2.05) is 6.92 Å². The lowest BCUT2D eigenvalue weighted by Gasteiger charge is -2.08. The van der Waals surface area contributed by atoms with E-state index in [1.54, 1.807) is 0 Å². The van der Waals surface area contributed by atoms with Gasteiger partial charge in [-0.15, -0.1) is 0 Å². The molecule has 6 heteroatoms. The largest absolute Gasteiger partial charge is 0.330 e. The summed E-state index contributed by atoms with van der Waals surface area (Å²) in [6.45, 7) is 2.59. The third kappa shape index (κ3) is 4.32. The summed E-state index contributed by atoms with van der Waals surface area (Å²) in [5.41, 5.74) is 5.86. The zero-order valence-corrected chi connectivity index (χ0v) is 10.4. The van der Waals surface area contributed by atoms with Crippen LogP contribution in [-0.2, 0) is 5.75 Å². The summed E-state index contributed by atoms with van der Waals surface area (Å²) in [4.78, 5) is 10.3. The Morgan fingerprint density at radius 3 is 2.88 bits per heavy atom. The van der Waals surface area contributed by atoms with Crippen molar-refractivity contribution in [3.8, 4) is 0 Å². The second-order valence-corrected chi connectivity index (χ2v) is 4.92. The first-order valence-electron chi connectivity index (χ1n) is 5.25. The second-order valence-electron chi connectivity index (χ2n) is 3.89. The Balaban J connectivity index is 2.68. The van der Waals surface area contributed by atoms with Crippen LogP contribution in [0.2, 0.25) is 0 Å². The van der Waals surface area contributed by atoms with E-state index in [4.69, 9.17) is 5.73 Å². The maximum absolute atomic E-state index is 13.0. The molecule has 94 valence electrons. The van der Waals surface area contributed by atoms with Gasteiger partial charge < -0.3 is 5.73 Å². The fraction of sp³-hybridized carbons (Fsp3) is 0.455. The third-order valence-corrected chi connectivity index (χ3v) is 3.62.